The number of hydrogen-bond acceptors (Lipinski definition) is 6. The number of ether oxygens (including phenoxy) is 2. The van der Waals surface area contributed by atoms with Crippen molar-refractivity contribution < 1.29 is 23.9 Å². The summed E-state index contributed by atoms with van der Waals surface area (Å²) < 4.78 is 11.1. The second-order valence-corrected chi connectivity index (χ2v) is 11.8. The van der Waals surface area contributed by atoms with E-state index in [4.69, 9.17) is 9.47 Å². The molecular weight excluding hydrogens is 578 g/mol. The molecule has 8 nitrogen and oxygen atoms in total. The summed E-state index contributed by atoms with van der Waals surface area (Å²) >= 11 is 0. The number of methoxy groups -OCH3 is 1. The molecule has 46 heavy (non-hydrogen) atoms. The first-order valence-corrected chi connectivity index (χ1v) is 15.7. The minimum Gasteiger partial charge on any atom is -0.493 e. The van der Waals surface area contributed by atoms with Crippen LogP contribution in [0.15, 0.2) is 96.6 Å². The van der Waals surface area contributed by atoms with E-state index in [1.165, 1.54) is 22.9 Å². The molecule has 1 fully saturated rings. The number of hydrogen-bond donors (Lipinski definition) is 1. The third kappa shape index (κ3) is 5.19. The van der Waals surface area contributed by atoms with Crippen LogP contribution in [0.5, 0.6) is 11.5 Å². The number of nitrogens with one attached hydrogen (secondary N) is 1. The van der Waals surface area contributed by atoms with Gasteiger partial charge in [0.05, 0.1) is 19.4 Å². The van der Waals surface area contributed by atoms with E-state index in [9.17, 15) is 14.4 Å². The molecule has 1 saturated heterocycles. The number of urea groups is 1. The molecular formula is C38H35N3O5. The number of nitrogens with zero attached hydrogens (tertiary/aromatic N) is 2. The lowest BCUT2D eigenvalue weighted by Crippen LogP contribution is -2.54. The average Bonchev–Trinajstić information content (AvgIpc) is 3.08. The molecule has 4 aromatic carbocycles. The maximum atomic E-state index is 14.1. The molecule has 3 aliphatic rings. The fourth-order valence-electron chi connectivity index (χ4n) is 7.08. The van der Waals surface area contributed by atoms with Gasteiger partial charge in [-0.15, -0.1) is 0 Å². The number of benzene rings is 4. The van der Waals surface area contributed by atoms with Crippen molar-refractivity contribution in [1.82, 2.24) is 5.32 Å². The number of rotatable bonds is 7. The first-order chi connectivity index (χ1) is 22.5. The minimum atomic E-state index is -0.764. The quantitative estimate of drug-likeness (QED) is 0.186. The van der Waals surface area contributed by atoms with Crippen LogP contribution in [0.1, 0.15) is 59.4 Å². The van der Waals surface area contributed by atoms with Gasteiger partial charge in [-0.2, -0.15) is 0 Å². The lowest BCUT2D eigenvalue weighted by Gasteiger charge is -2.44. The van der Waals surface area contributed by atoms with Crippen molar-refractivity contribution in [2.24, 2.45) is 0 Å². The second-order valence-electron chi connectivity index (χ2n) is 11.8. The molecule has 1 N–H and O–H groups in total. The average molecular weight is 614 g/mol. The topological polar surface area (TPSA) is 88.2 Å². The van der Waals surface area contributed by atoms with Gasteiger partial charge in [0.2, 0.25) is 0 Å². The number of carbonyl (C=O) groups excluding carboxylic acids is 3. The number of barbiturate groups is 1. The summed E-state index contributed by atoms with van der Waals surface area (Å²) in [5.41, 5.74) is 6.62. The van der Waals surface area contributed by atoms with Crippen LogP contribution in [0.4, 0.5) is 16.2 Å². The Bertz CT molecular complexity index is 1780. The Labute approximate surface area is 268 Å². The van der Waals surface area contributed by atoms with Crippen molar-refractivity contribution in [3.05, 3.63) is 124 Å². The van der Waals surface area contributed by atoms with Crippen LogP contribution < -0.4 is 24.6 Å². The van der Waals surface area contributed by atoms with Crippen molar-refractivity contribution in [3.8, 4) is 11.5 Å². The maximum absolute atomic E-state index is 14.1. The molecule has 0 aromatic heterocycles. The van der Waals surface area contributed by atoms with Gasteiger partial charge >= 0.3 is 6.03 Å². The smallest absolute Gasteiger partial charge is 0.335 e. The third-order valence-corrected chi connectivity index (χ3v) is 9.16. The highest BCUT2D eigenvalue weighted by Gasteiger charge is 2.40. The molecule has 232 valence electrons. The molecule has 0 bridgehead atoms. The van der Waals surface area contributed by atoms with Crippen molar-refractivity contribution in [3.63, 3.8) is 0 Å². The second kappa shape index (κ2) is 12.2. The van der Waals surface area contributed by atoms with Gasteiger partial charge < -0.3 is 14.4 Å². The van der Waals surface area contributed by atoms with Crippen molar-refractivity contribution in [2.75, 3.05) is 36.6 Å². The normalized spacial score (nSPS) is 20.0. The predicted octanol–water partition coefficient (Wildman–Crippen LogP) is 6.64. The Morgan fingerprint density at radius 2 is 1.41 bits per heavy atom. The van der Waals surface area contributed by atoms with E-state index in [2.05, 4.69) is 34.5 Å². The summed E-state index contributed by atoms with van der Waals surface area (Å²) in [6.07, 6.45) is 3.32. The third-order valence-electron chi connectivity index (χ3n) is 9.16. The molecule has 0 radical (unpaired) electrons. The summed E-state index contributed by atoms with van der Waals surface area (Å²) in [4.78, 5) is 44.3. The van der Waals surface area contributed by atoms with Gasteiger partial charge in [-0.05, 0) is 77.9 Å². The van der Waals surface area contributed by atoms with Crippen LogP contribution in [0.25, 0.3) is 6.08 Å². The zero-order chi connectivity index (χ0) is 31.8. The largest absolute Gasteiger partial charge is 0.493 e. The molecule has 8 heteroatoms. The Morgan fingerprint density at radius 3 is 1.98 bits per heavy atom. The van der Waals surface area contributed by atoms with Crippen LogP contribution >= 0.6 is 0 Å². The molecule has 4 amide bonds. The van der Waals surface area contributed by atoms with E-state index in [0.717, 1.165) is 42.0 Å². The molecule has 2 atom stereocenters. The van der Waals surface area contributed by atoms with Gasteiger partial charge in [0.15, 0.2) is 11.5 Å². The summed E-state index contributed by atoms with van der Waals surface area (Å²) in [5, 5.41) is 2.41. The molecule has 0 aliphatic carbocycles. The van der Waals surface area contributed by atoms with Crippen molar-refractivity contribution >= 4 is 35.3 Å². The van der Waals surface area contributed by atoms with Gasteiger partial charge in [-0.1, -0.05) is 66.7 Å². The number of imide groups is 2. The highest BCUT2D eigenvalue weighted by molar-refractivity contribution is 6.39. The highest BCUT2D eigenvalue weighted by Crippen LogP contribution is 2.50. The fourth-order valence-corrected chi connectivity index (χ4v) is 7.08. The van der Waals surface area contributed by atoms with Crippen LogP contribution in [-0.2, 0) is 9.59 Å². The zero-order valence-corrected chi connectivity index (χ0v) is 25.9. The van der Waals surface area contributed by atoms with Crippen LogP contribution in [0.2, 0.25) is 0 Å². The van der Waals surface area contributed by atoms with E-state index in [-0.39, 0.29) is 17.4 Å². The Morgan fingerprint density at radius 1 is 0.804 bits per heavy atom. The zero-order valence-electron chi connectivity index (χ0n) is 25.9. The van der Waals surface area contributed by atoms with Gasteiger partial charge in [0, 0.05) is 30.6 Å². The predicted molar refractivity (Wildman–Crippen MR) is 178 cm³/mol. The molecule has 0 saturated carbocycles. The van der Waals surface area contributed by atoms with Gasteiger partial charge in [-0.3, -0.25) is 14.9 Å². The lowest BCUT2D eigenvalue weighted by atomic mass is 9.76. The van der Waals surface area contributed by atoms with Gasteiger partial charge in [0.25, 0.3) is 11.8 Å². The Hall–Kier alpha value is -5.37. The van der Waals surface area contributed by atoms with E-state index in [1.807, 2.05) is 55.5 Å². The van der Waals surface area contributed by atoms with Gasteiger partial charge in [0.1, 0.15) is 5.57 Å². The Balaban J connectivity index is 1.36. The molecule has 7 rings (SSSR count). The molecule has 0 unspecified atom stereocenters. The molecule has 3 heterocycles. The first-order valence-electron chi connectivity index (χ1n) is 15.7. The van der Waals surface area contributed by atoms with E-state index in [0.29, 0.717) is 29.4 Å². The number of amides is 4. The van der Waals surface area contributed by atoms with Crippen molar-refractivity contribution in [1.29, 1.82) is 0 Å². The summed E-state index contributed by atoms with van der Waals surface area (Å²) in [6.45, 7) is 4.14. The summed E-state index contributed by atoms with van der Waals surface area (Å²) in [7, 11) is 1.55. The molecule has 4 aromatic rings. The highest BCUT2D eigenvalue weighted by atomic mass is 16.5. The van der Waals surface area contributed by atoms with E-state index < -0.39 is 17.8 Å². The van der Waals surface area contributed by atoms with Crippen LogP contribution in [-0.4, -0.2) is 44.7 Å². The maximum Gasteiger partial charge on any atom is 0.335 e. The standard InChI is InChI=1S/C38H35N3O5/c1-3-46-34-21-24(14-15-33(34)45-2)20-32-36(42)39-38(44)41(37(32)43)27-22-30-28(25-10-6-4-7-11-25)16-18-40-19-17-29(31(23-27)35(30)40)26-12-8-5-9-13-26/h4-15,20-23,28-29H,3,16-19H2,1-2H3,(H,39,42,44)/b32-20+/t28-,29-/m0/s1. The van der Waals surface area contributed by atoms with E-state index in [1.54, 1.807) is 25.3 Å². The first kappa shape index (κ1) is 29.3. The van der Waals surface area contributed by atoms with E-state index >= 15 is 0 Å². The van der Waals surface area contributed by atoms with Crippen molar-refractivity contribution in [2.45, 2.75) is 31.6 Å². The SMILES string of the molecule is CCOc1cc(/C=C2\C(=O)NC(=O)N(c3cc4c5c(c3)[C@H](c3ccccc3)CCN5CC[C@H]4c3ccccc3)C2=O)ccc1OC. The minimum absolute atomic E-state index is 0.0940. The van der Waals surface area contributed by atoms with Crippen LogP contribution in [0, 0.1) is 0 Å². The molecule has 0 spiro atoms. The number of anilines is 2. The lowest BCUT2D eigenvalue weighted by molar-refractivity contribution is -0.122. The van der Waals surface area contributed by atoms with Gasteiger partial charge in [-0.25, -0.2) is 9.69 Å². The fraction of sp³-hybridized carbons (Fsp3) is 0.237. The monoisotopic (exact) mass is 613 g/mol. The summed E-state index contributed by atoms with van der Waals surface area (Å²) in [5.74, 6) is -0.194. The number of carbonyl (C=O) groups is 3. The van der Waals surface area contributed by atoms with Crippen LogP contribution in [0.3, 0.4) is 0 Å². The summed E-state index contributed by atoms with van der Waals surface area (Å²) in [6, 6.07) is 29.1. The Kier molecular flexibility index (Phi) is 7.78. The molecule has 3 aliphatic heterocycles.